The Morgan fingerprint density at radius 2 is 1.96 bits per heavy atom. The molecule has 1 N–H and O–H groups in total. The van der Waals surface area contributed by atoms with Crippen LogP contribution < -0.4 is 5.32 Å². The molecule has 7 heteroatoms. The number of carbonyl (C=O) groups is 2. The van der Waals surface area contributed by atoms with E-state index in [4.69, 9.17) is 0 Å². The summed E-state index contributed by atoms with van der Waals surface area (Å²) < 4.78 is 1.07. The van der Waals surface area contributed by atoms with Gasteiger partial charge in [0, 0.05) is 25.2 Å². The molecule has 138 valence electrons. The highest BCUT2D eigenvalue weighted by atomic mass is 32.1. The standard InChI is InChI=1S/C20H20N4O2S/c1-13-5-4-7-16-17(13)22-20(27-16)23-18(25)14-8-11-24(12-9-14)19(26)15-6-2-3-10-21-15/h2-7,10,14H,8-9,11-12H2,1H3,(H,22,23,25). The van der Waals surface area contributed by atoms with Crippen molar-refractivity contribution in [3.8, 4) is 0 Å². The van der Waals surface area contributed by atoms with E-state index in [1.165, 1.54) is 11.3 Å². The Morgan fingerprint density at radius 1 is 1.15 bits per heavy atom. The van der Waals surface area contributed by atoms with Crippen LogP contribution in [-0.2, 0) is 4.79 Å². The lowest BCUT2D eigenvalue weighted by Gasteiger charge is -2.30. The van der Waals surface area contributed by atoms with Crippen LogP contribution in [0.5, 0.6) is 0 Å². The third-order valence-electron chi connectivity index (χ3n) is 4.89. The zero-order valence-corrected chi connectivity index (χ0v) is 15.8. The number of rotatable bonds is 3. The molecular weight excluding hydrogens is 360 g/mol. The Morgan fingerprint density at radius 3 is 2.67 bits per heavy atom. The first-order valence-corrected chi connectivity index (χ1v) is 9.81. The van der Waals surface area contributed by atoms with Gasteiger partial charge in [-0.2, -0.15) is 0 Å². The molecule has 1 aromatic carbocycles. The predicted molar refractivity (Wildman–Crippen MR) is 106 cm³/mol. The van der Waals surface area contributed by atoms with Gasteiger partial charge in [-0.1, -0.05) is 29.5 Å². The number of anilines is 1. The minimum absolute atomic E-state index is 0.0170. The molecule has 2 amide bonds. The number of aryl methyl sites for hydroxylation is 1. The molecule has 3 heterocycles. The second kappa shape index (κ2) is 7.44. The molecule has 0 bridgehead atoms. The van der Waals surface area contributed by atoms with Crippen LogP contribution in [0.2, 0.25) is 0 Å². The van der Waals surface area contributed by atoms with Crippen LogP contribution in [0, 0.1) is 12.8 Å². The van der Waals surface area contributed by atoms with Crippen LogP contribution in [0.3, 0.4) is 0 Å². The number of nitrogens with one attached hydrogen (secondary N) is 1. The lowest BCUT2D eigenvalue weighted by molar-refractivity contribution is -0.121. The van der Waals surface area contributed by atoms with E-state index in [-0.39, 0.29) is 17.7 Å². The summed E-state index contributed by atoms with van der Waals surface area (Å²) in [6.45, 7) is 3.14. The van der Waals surface area contributed by atoms with Crippen LogP contribution in [-0.4, -0.2) is 39.8 Å². The van der Waals surface area contributed by atoms with E-state index in [2.05, 4.69) is 15.3 Å². The second-order valence-corrected chi connectivity index (χ2v) is 7.74. The fraction of sp³-hybridized carbons (Fsp3) is 0.300. The Kier molecular flexibility index (Phi) is 4.85. The molecule has 2 aromatic heterocycles. The summed E-state index contributed by atoms with van der Waals surface area (Å²) >= 11 is 1.49. The molecule has 0 saturated carbocycles. The van der Waals surface area contributed by atoms with Gasteiger partial charge < -0.3 is 10.2 Å². The number of carbonyl (C=O) groups excluding carboxylic acids is 2. The molecule has 0 radical (unpaired) electrons. The molecule has 1 fully saturated rings. The van der Waals surface area contributed by atoms with Crippen molar-refractivity contribution in [1.29, 1.82) is 0 Å². The Bertz CT molecular complexity index is 978. The molecule has 0 spiro atoms. The van der Waals surface area contributed by atoms with Crippen molar-refractivity contribution < 1.29 is 9.59 Å². The van der Waals surface area contributed by atoms with Gasteiger partial charge in [-0.05, 0) is 43.5 Å². The number of aromatic nitrogens is 2. The number of likely N-dealkylation sites (tertiary alicyclic amines) is 1. The second-order valence-electron chi connectivity index (χ2n) is 6.71. The van der Waals surface area contributed by atoms with Crippen LogP contribution in [0.25, 0.3) is 10.2 Å². The van der Waals surface area contributed by atoms with Crippen molar-refractivity contribution in [3.05, 3.63) is 53.9 Å². The van der Waals surface area contributed by atoms with E-state index < -0.39 is 0 Å². The molecule has 27 heavy (non-hydrogen) atoms. The SMILES string of the molecule is Cc1cccc2sc(NC(=O)C3CCN(C(=O)c4ccccn4)CC3)nc12. The Balaban J connectivity index is 1.37. The number of fused-ring (bicyclic) bond motifs is 1. The normalized spacial score (nSPS) is 15.1. The molecule has 1 aliphatic heterocycles. The number of pyridine rings is 1. The first-order chi connectivity index (χ1) is 13.1. The lowest BCUT2D eigenvalue weighted by atomic mass is 9.96. The smallest absolute Gasteiger partial charge is 0.272 e. The average Bonchev–Trinajstić information content (AvgIpc) is 3.12. The summed E-state index contributed by atoms with van der Waals surface area (Å²) in [7, 11) is 0. The van der Waals surface area contributed by atoms with Gasteiger partial charge in [-0.15, -0.1) is 0 Å². The largest absolute Gasteiger partial charge is 0.337 e. The van der Waals surface area contributed by atoms with E-state index in [1.54, 1.807) is 29.3 Å². The highest BCUT2D eigenvalue weighted by Gasteiger charge is 2.28. The van der Waals surface area contributed by atoms with Crippen LogP contribution in [0.4, 0.5) is 5.13 Å². The van der Waals surface area contributed by atoms with Crippen molar-refractivity contribution >= 4 is 38.5 Å². The highest BCUT2D eigenvalue weighted by molar-refractivity contribution is 7.22. The summed E-state index contributed by atoms with van der Waals surface area (Å²) in [5.74, 6) is -0.196. The van der Waals surface area contributed by atoms with Crippen LogP contribution >= 0.6 is 11.3 Å². The zero-order valence-electron chi connectivity index (χ0n) is 15.0. The molecule has 0 aliphatic carbocycles. The van der Waals surface area contributed by atoms with Gasteiger partial charge in [-0.25, -0.2) is 4.98 Å². The summed E-state index contributed by atoms with van der Waals surface area (Å²) in [4.78, 5) is 35.5. The van der Waals surface area contributed by atoms with E-state index in [9.17, 15) is 9.59 Å². The molecule has 1 saturated heterocycles. The fourth-order valence-corrected chi connectivity index (χ4v) is 4.29. The molecule has 6 nitrogen and oxygen atoms in total. The number of para-hydroxylation sites is 1. The number of amides is 2. The van der Waals surface area contributed by atoms with Gasteiger partial charge in [0.05, 0.1) is 10.2 Å². The minimum atomic E-state index is -0.106. The molecule has 0 unspecified atom stereocenters. The van der Waals surface area contributed by atoms with Crippen LogP contribution in [0.15, 0.2) is 42.6 Å². The number of thiazole rings is 1. The van der Waals surface area contributed by atoms with Gasteiger partial charge in [0.25, 0.3) is 5.91 Å². The van der Waals surface area contributed by atoms with Crippen molar-refractivity contribution in [1.82, 2.24) is 14.9 Å². The number of benzene rings is 1. The van der Waals surface area contributed by atoms with Gasteiger partial charge in [0.15, 0.2) is 5.13 Å². The molecule has 4 rings (SSSR count). The topological polar surface area (TPSA) is 75.2 Å². The first-order valence-electron chi connectivity index (χ1n) is 8.99. The summed E-state index contributed by atoms with van der Waals surface area (Å²) in [5, 5.41) is 3.59. The summed E-state index contributed by atoms with van der Waals surface area (Å²) in [5.41, 5.74) is 2.49. The van der Waals surface area contributed by atoms with E-state index in [1.807, 2.05) is 25.1 Å². The molecule has 1 aliphatic rings. The minimum Gasteiger partial charge on any atom is -0.337 e. The Hall–Kier alpha value is -2.80. The van der Waals surface area contributed by atoms with Crippen molar-refractivity contribution in [2.75, 3.05) is 18.4 Å². The molecular formula is C20H20N4O2S. The van der Waals surface area contributed by atoms with Gasteiger partial charge in [-0.3, -0.25) is 14.6 Å². The van der Waals surface area contributed by atoms with Crippen molar-refractivity contribution in [2.24, 2.45) is 5.92 Å². The number of nitrogens with zero attached hydrogens (tertiary/aromatic N) is 3. The number of hydrogen-bond acceptors (Lipinski definition) is 5. The quantitative estimate of drug-likeness (QED) is 0.755. The van der Waals surface area contributed by atoms with Crippen molar-refractivity contribution in [2.45, 2.75) is 19.8 Å². The zero-order chi connectivity index (χ0) is 18.8. The lowest BCUT2D eigenvalue weighted by Crippen LogP contribution is -2.41. The summed E-state index contributed by atoms with van der Waals surface area (Å²) in [6.07, 6.45) is 2.91. The maximum atomic E-state index is 12.6. The number of piperidine rings is 1. The predicted octanol–water partition coefficient (Wildman–Crippen LogP) is 3.49. The maximum Gasteiger partial charge on any atom is 0.272 e. The first kappa shape index (κ1) is 17.6. The number of hydrogen-bond donors (Lipinski definition) is 1. The van der Waals surface area contributed by atoms with Gasteiger partial charge in [0.1, 0.15) is 5.69 Å². The fourth-order valence-electron chi connectivity index (χ4n) is 3.34. The van der Waals surface area contributed by atoms with E-state index in [0.717, 1.165) is 15.8 Å². The van der Waals surface area contributed by atoms with Gasteiger partial charge in [0.2, 0.25) is 5.91 Å². The molecule has 3 aromatic rings. The van der Waals surface area contributed by atoms with Crippen molar-refractivity contribution in [3.63, 3.8) is 0 Å². The monoisotopic (exact) mass is 380 g/mol. The third kappa shape index (κ3) is 3.68. The third-order valence-corrected chi connectivity index (χ3v) is 5.82. The van der Waals surface area contributed by atoms with Crippen LogP contribution in [0.1, 0.15) is 28.9 Å². The van der Waals surface area contributed by atoms with E-state index >= 15 is 0 Å². The average molecular weight is 380 g/mol. The van der Waals surface area contributed by atoms with E-state index in [0.29, 0.717) is 36.8 Å². The molecule has 0 atom stereocenters. The Labute approximate surface area is 161 Å². The maximum absolute atomic E-state index is 12.6. The highest BCUT2D eigenvalue weighted by Crippen LogP contribution is 2.29. The van der Waals surface area contributed by atoms with Gasteiger partial charge >= 0.3 is 0 Å². The summed E-state index contributed by atoms with van der Waals surface area (Å²) in [6, 6.07) is 11.3.